The fourth-order valence-corrected chi connectivity index (χ4v) is 1.67. The van der Waals surface area contributed by atoms with Gasteiger partial charge in [0, 0.05) is 0 Å². The van der Waals surface area contributed by atoms with Gasteiger partial charge in [-0.3, -0.25) is 9.59 Å². The minimum Gasteiger partial charge on any atom is -0.504 e. The quantitative estimate of drug-likeness (QED) is 0.196. The summed E-state index contributed by atoms with van der Waals surface area (Å²) in [7, 11) is 0. The zero-order valence-electron chi connectivity index (χ0n) is 13.1. The second-order valence-corrected chi connectivity index (χ2v) is 4.89. The molecule has 0 aliphatic heterocycles. The Kier molecular flexibility index (Phi) is 5.72. The van der Waals surface area contributed by atoms with Crippen molar-refractivity contribution in [3.63, 3.8) is 0 Å². The SMILES string of the molecule is O=C(N/N=C/c1ccc(O)c(O)c1)C(=O)N/N=C/c1ccc(O)c(O)c1. The molecule has 0 saturated heterocycles. The van der Waals surface area contributed by atoms with Gasteiger partial charge in [0.05, 0.1) is 12.4 Å². The summed E-state index contributed by atoms with van der Waals surface area (Å²) in [4.78, 5) is 23.0. The molecule has 26 heavy (non-hydrogen) atoms. The molecule has 0 fully saturated rings. The standard InChI is InChI=1S/C16H14N4O6/c21-11-3-1-9(5-13(11)23)7-17-19-15(25)16(26)20-18-8-10-2-4-12(22)14(24)6-10/h1-8,21-24H,(H,19,25)(H,20,26)/b17-7+,18-8+. The Bertz CT molecular complexity index is 821. The molecular formula is C16H14N4O6. The van der Waals surface area contributed by atoms with E-state index in [0.717, 1.165) is 12.4 Å². The predicted octanol–water partition coefficient (Wildman–Crippen LogP) is 0.109. The topological polar surface area (TPSA) is 164 Å². The van der Waals surface area contributed by atoms with Crippen molar-refractivity contribution in [1.29, 1.82) is 0 Å². The lowest BCUT2D eigenvalue weighted by Gasteiger charge is -2.00. The van der Waals surface area contributed by atoms with E-state index in [1.54, 1.807) is 0 Å². The molecule has 10 heteroatoms. The van der Waals surface area contributed by atoms with Crippen LogP contribution in [0, 0.1) is 0 Å². The van der Waals surface area contributed by atoms with Crippen LogP contribution in [-0.4, -0.2) is 44.7 Å². The molecule has 10 nitrogen and oxygen atoms in total. The largest absolute Gasteiger partial charge is 0.504 e. The molecule has 6 N–H and O–H groups in total. The molecule has 134 valence electrons. The van der Waals surface area contributed by atoms with E-state index in [2.05, 4.69) is 10.2 Å². The Labute approximate surface area is 146 Å². The van der Waals surface area contributed by atoms with Gasteiger partial charge in [0.15, 0.2) is 23.0 Å². The molecule has 0 radical (unpaired) electrons. The summed E-state index contributed by atoms with van der Waals surface area (Å²) in [6.07, 6.45) is 2.32. The molecule has 2 aromatic rings. The summed E-state index contributed by atoms with van der Waals surface area (Å²) in [5, 5.41) is 44.0. The van der Waals surface area contributed by atoms with Gasteiger partial charge in [0.1, 0.15) is 0 Å². The first-order valence-corrected chi connectivity index (χ1v) is 7.07. The molecule has 0 heterocycles. The summed E-state index contributed by atoms with van der Waals surface area (Å²) < 4.78 is 0. The van der Waals surface area contributed by atoms with Crippen LogP contribution in [0.2, 0.25) is 0 Å². The number of carbonyl (C=O) groups is 2. The predicted molar refractivity (Wildman–Crippen MR) is 91.0 cm³/mol. The average molecular weight is 358 g/mol. The minimum absolute atomic E-state index is 0.301. The molecule has 2 amide bonds. The van der Waals surface area contributed by atoms with Gasteiger partial charge in [-0.2, -0.15) is 10.2 Å². The fraction of sp³-hybridized carbons (Fsp3) is 0. The summed E-state index contributed by atoms with van der Waals surface area (Å²) >= 11 is 0. The number of hydrogen-bond acceptors (Lipinski definition) is 8. The number of hydrazone groups is 2. The van der Waals surface area contributed by atoms with Gasteiger partial charge in [-0.1, -0.05) is 0 Å². The third kappa shape index (κ3) is 4.96. The average Bonchev–Trinajstić information content (AvgIpc) is 2.61. The van der Waals surface area contributed by atoms with Crippen molar-refractivity contribution < 1.29 is 30.0 Å². The number of carbonyl (C=O) groups excluding carboxylic acids is 2. The first-order valence-electron chi connectivity index (χ1n) is 7.07. The minimum atomic E-state index is -1.09. The van der Waals surface area contributed by atoms with E-state index in [9.17, 15) is 19.8 Å². The van der Waals surface area contributed by atoms with Gasteiger partial charge in [-0.25, -0.2) is 10.9 Å². The van der Waals surface area contributed by atoms with Crippen LogP contribution in [0.15, 0.2) is 46.6 Å². The van der Waals surface area contributed by atoms with Crippen LogP contribution in [-0.2, 0) is 9.59 Å². The first-order chi connectivity index (χ1) is 12.4. The Balaban J connectivity index is 1.85. The number of phenols is 4. The second-order valence-electron chi connectivity index (χ2n) is 4.89. The van der Waals surface area contributed by atoms with Gasteiger partial charge in [0.2, 0.25) is 0 Å². The van der Waals surface area contributed by atoms with Crippen molar-refractivity contribution in [3.05, 3.63) is 47.5 Å². The highest BCUT2D eigenvalue weighted by molar-refractivity contribution is 6.35. The smallest absolute Gasteiger partial charge is 0.331 e. The normalized spacial score (nSPS) is 10.9. The van der Waals surface area contributed by atoms with E-state index < -0.39 is 11.8 Å². The maximum atomic E-state index is 11.5. The van der Waals surface area contributed by atoms with E-state index in [-0.39, 0.29) is 23.0 Å². The highest BCUT2D eigenvalue weighted by Gasteiger charge is 2.11. The second kappa shape index (κ2) is 8.15. The molecule has 0 saturated carbocycles. The third-order valence-electron chi connectivity index (χ3n) is 2.96. The molecule has 0 atom stereocenters. The molecule has 2 aromatic carbocycles. The number of rotatable bonds is 4. The van der Waals surface area contributed by atoms with E-state index >= 15 is 0 Å². The highest BCUT2D eigenvalue weighted by atomic mass is 16.3. The van der Waals surface area contributed by atoms with Crippen molar-refractivity contribution in [1.82, 2.24) is 10.9 Å². The van der Waals surface area contributed by atoms with E-state index in [1.165, 1.54) is 36.4 Å². The summed E-state index contributed by atoms with van der Waals surface area (Å²) in [5.41, 5.74) is 4.68. The van der Waals surface area contributed by atoms with Crippen molar-refractivity contribution >= 4 is 24.2 Å². The Hall–Kier alpha value is -4.08. The fourth-order valence-electron chi connectivity index (χ4n) is 1.67. The Morgan fingerprint density at radius 3 is 1.42 bits per heavy atom. The maximum Gasteiger partial charge on any atom is 0.331 e. The summed E-state index contributed by atoms with van der Waals surface area (Å²) in [6.45, 7) is 0. The van der Waals surface area contributed by atoms with Gasteiger partial charge in [-0.05, 0) is 47.5 Å². The Morgan fingerprint density at radius 2 is 1.08 bits per heavy atom. The highest BCUT2D eigenvalue weighted by Crippen LogP contribution is 2.24. The van der Waals surface area contributed by atoms with Crippen LogP contribution < -0.4 is 10.9 Å². The lowest BCUT2D eigenvalue weighted by Crippen LogP contribution is -2.35. The van der Waals surface area contributed by atoms with Crippen LogP contribution >= 0.6 is 0 Å². The lowest BCUT2D eigenvalue weighted by molar-refractivity contribution is -0.139. The van der Waals surface area contributed by atoms with Gasteiger partial charge < -0.3 is 20.4 Å². The van der Waals surface area contributed by atoms with Gasteiger partial charge >= 0.3 is 11.8 Å². The maximum absolute atomic E-state index is 11.5. The summed E-state index contributed by atoms with van der Waals surface area (Å²) in [6, 6.07) is 7.76. The number of amides is 2. The number of aromatic hydroxyl groups is 4. The van der Waals surface area contributed by atoms with Crippen LogP contribution in [0.4, 0.5) is 0 Å². The first kappa shape index (κ1) is 18.3. The van der Waals surface area contributed by atoms with Crippen LogP contribution in [0.5, 0.6) is 23.0 Å². The van der Waals surface area contributed by atoms with Crippen LogP contribution in [0.3, 0.4) is 0 Å². The molecule has 0 aromatic heterocycles. The molecule has 0 aliphatic carbocycles. The van der Waals surface area contributed by atoms with Crippen molar-refractivity contribution in [2.45, 2.75) is 0 Å². The van der Waals surface area contributed by atoms with Crippen molar-refractivity contribution in [2.75, 3.05) is 0 Å². The molecule has 0 bridgehead atoms. The number of phenolic OH excluding ortho intramolecular Hbond substituents is 4. The zero-order valence-corrected chi connectivity index (χ0v) is 13.1. The molecule has 0 aliphatic rings. The zero-order chi connectivity index (χ0) is 19.1. The van der Waals surface area contributed by atoms with Gasteiger partial charge in [-0.15, -0.1) is 0 Å². The van der Waals surface area contributed by atoms with Crippen molar-refractivity contribution in [2.24, 2.45) is 10.2 Å². The molecule has 0 spiro atoms. The summed E-state index contributed by atoms with van der Waals surface area (Å²) in [5.74, 6) is -3.49. The van der Waals surface area contributed by atoms with E-state index in [0.29, 0.717) is 11.1 Å². The Morgan fingerprint density at radius 1 is 0.692 bits per heavy atom. The monoisotopic (exact) mass is 358 g/mol. The molecular weight excluding hydrogens is 344 g/mol. The lowest BCUT2D eigenvalue weighted by atomic mass is 10.2. The van der Waals surface area contributed by atoms with Crippen molar-refractivity contribution in [3.8, 4) is 23.0 Å². The van der Waals surface area contributed by atoms with E-state index in [4.69, 9.17) is 10.2 Å². The van der Waals surface area contributed by atoms with Crippen LogP contribution in [0.1, 0.15) is 11.1 Å². The number of benzene rings is 2. The molecule has 2 rings (SSSR count). The third-order valence-corrected chi connectivity index (χ3v) is 2.96. The number of hydrogen-bond donors (Lipinski definition) is 6. The van der Waals surface area contributed by atoms with E-state index in [1.807, 2.05) is 10.9 Å². The van der Waals surface area contributed by atoms with Gasteiger partial charge in [0.25, 0.3) is 0 Å². The number of nitrogens with one attached hydrogen (secondary N) is 2. The molecule has 0 unspecified atom stereocenters. The van der Waals surface area contributed by atoms with Crippen LogP contribution in [0.25, 0.3) is 0 Å². The number of nitrogens with zero attached hydrogens (tertiary/aromatic N) is 2.